The molecule has 1 aliphatic heterocycles. The van der Waals surface area contributed by atoms with Crippen LogP contribution in [-0.4, -0.2) is 23.1 Å². The Labute approximate surface area is 82.0 Å². The first-order valence-electron chi connectivity index (χ1n) is 4.85. The predicted molar refractivity (Wildman–Crippen MR) is 54.2 cm³/mol. The topological polar surface area (TPSA) is 75.0 Å². The number of nitrogens with two attached hydrogens (primary N) is 1. The van der Waals surface area contributed by atoms with Crippen molar-refractivity contribution in [1.29, 1.82) is 0 Å². The average Bonchev–Trinajstić information content (AvgIpc) is 2.69. The Morgan fingerprint density at radius 1 is 1.50 bits per heavy atom. The summed E-state index contributed by atoms with van der Waals surface area (Å²) in [4.78, 5) is 20.3. The molecule has 2 rings (SSSR count). The van der Waals surface area contributed by atoms with Crippen LogP contribution in [0.5, 0.6) is 0 Å². The summed E-state index contributed by atoms with van der Waals surface area (Å²) >= 11 is 0. The maximum Gasteiger partial charge on any atom is 0.252 e. The molecule has 5 heteroatoms. The van der Waals surface area contributed by atoms with Gasteiger partial charge in [-0.3, -0.25) is 9.78 Å². The highest BCUT2D eigenvalue weighted by atomic mass is 16.1. The minimum absolute atomic E-state index is 0.123. The molecule has 0 unspecified atom stereocenters. The van der Waals surface area contributed by atoms with Crippen molar-refractivity contribution >= 4 is 5.95 Å². The van der Waals surface area contributed by atoms with Crippen molar-refractivity contribution in [3.05, 3.63) is 22.1 Å². The van der Waals surface area contributed by atoms with Crippen molar-refractivity contribution in [3.63, 3.8) is 0 Å². The molecule has 76 valence electrons. The normalized spacial score (nSPS) is 16.2. The molecule has 0 atom stereocenters. The maximum atomic E-state index is 11.2. The zero-order valence-electron chi connectivity index (χ0n) is 7.99. The van der Waals surface area contributed by atoms with E-state index in [1.54, 1.807) is 0 Å². The van der Waals surface area contributed by atoms with Crippen LogP contribution in [0.15, 0.2) is 10.9 Å². The maximum absolute atomic E-state index is 11.2. The van der Waals surface area contributed by atoms with Crippen molar-refractivity contribution in [2.24, 2.45) is 5.73 Å². The quantitative estimate of drug-likeness (QED) is 0.685. The molecule has 0 saturated carbocycles. The van der Waals surface area contributed by atoms with E-state index in [1.165, 1.54) is 6.07 Å². The third-order valence-electron chi connectivity index (χ3n) is 2.40. The molecule has 0 amide bonds. The number of hydrogen-bond donors (Lipinski definition) is 2. The Kier molecular flexibility index (Phi) is 2.49. The highest BCUT2D eigenvalue weighted by molar-refractivity contribution is 5.31. The number of anilines is 1. The highest BCUT2D eigenvalue weighted by Crippen LogP contribution is 2.13. The van der Waals surface area contributed by atoms with Crippen LogP contribution in [0.25, 0.3) is 0 Å². The number of rotatable bonds is 2. The van der Waals surface area contributed by atoms with E-state index in [0.29, 0.717) is 18.2 Å². The predicted octanol–water partition coefficient (Wildman–Crippen LogP) is -0.171. The lowest BCUT2D eigenvalue weighted by atomic mass is 10.4. The van der Waals surface area contributed by atoms with Gasteiger partial charge in [0.25, 0.3) is 5.56 Å². The Morgan fingerprint density at radius 3 is 2.86 bits per heavy atom. The summed E-state index contributed by atoms with van der Waals surface area (Å²) in [5.41, 5.74) is 5.98. The van der Waals surface area contributed by atoms with Crippen LogP contribution < -0.4 is 16.2 Å². The number of nitrogens with zero attached hydrogens (tertiary/aromatic N) is 2. The molecule has 0 aromatic carbocycles. The zero-order valence-corrected chi connectivity index (χ0v) is 7.99. The summed E-state index contributed by atoms with van der Waals surface area (Å²) in [5, 5.41) is 0. The second-order valence-electron chi connectivity index (χ2n) is 3.46. The van der Waals surface area contributed by atoms with Gasteiger partial charge >= 0.3 is 0 Å². The molecular formula is C9H14N4O. The smallest absolute Gasteiger partial charge is 0.252 e. The van der Waals surface area contributed by atoms with Crippen LogP contribution in [0.1, 0.15) is 18.5 Å². The van der Waals surface area contributed by atoms with E-state index in [9.17, 15) is 4.79 Å². The van der Waals surface area contributed by atoms with Gasteiger partial charge in [0.2, 0.25) is 5.95 Å². The monoisotopic (exact) mass is 194 g/mol. The number of aromatic amines is 1. The summed E-state index contributed by atoms with van der Waals surface area (Å²) in [6.07, 6.45) is 2.33. The van der Waals surface area contributed by atoms with Crippen molar-refractivity contribution < 1.29 is 0 Å². The van der Waals surface area contributed by atoms with Crippen LogP contribution in [-0.2, 0) is 6.54 Å². The molecule has 2 heterocycles. The molecule has 0 bridgehead atoms. The number of H-pyrrole nitrogens is 1. The standard InChI is InChI=1S/C9H14N4O/c10-6-7-5-8(14)12-9(11-7)13-3-1-2-4-13/h5H,1-4,6,10H2,(H,11,12,14). The fourth-order valence-electron chi connectivity index (χ4n) is 1.68. The van der Waals surface area contributed by atoms with E-state index in [1.807, 2.05) is 0 Å². The van der Waals surface area contributed by atoms with Crippen LogP contribution in [0, 0.1) is 0 Å². The van der Waals surface area contributed by atoms with Gasteiger partial charge in [0.1, 0.15) is 0 Å². The van der Waals surface area contributed by atoms with Crippen molar-refractivity contribution in [1.82, 2.24) is 9.97 Å². The molecule has 1 fully saturated rings. The fourth-order valence-corrected chi connectivity index (χ4v) is 1.68. The molecule has 14 heavy (non-hydrogen) atoms. The van der Waals surface area contributed by atoms with E-state index in [0.717, 1.165) is 25.9 Å². The van der Waals surface area contributed by atoms with Crippen molar-refractivity contribution in [2.45, 2.75) is 19.4 Å². The molecule has 1 saturated heterocycles. The zero-order chi connectivity index (χ0) is 9.97. The van der Waals surface area contributed by atoms with Gasteiger partial charge in [-0.15, -0.1) is 0 Å². The summed E-state index contributed by atoms with van der Waals surface area (Å²) < 4.78 is 0. The molecule has 0 spiro atoms. The number of hydrogen-bond acceptors (Lipinski definition) is 4. The van der Waals surface area contributed by atoms with Gasteiger partial charge in [-0.25, -0.2) is 4.98 Å². The summed E-state index contributed by atoms with van der Waals surface area (Å²) in [6, 6.07) is 1.44. The van der Waals surface area contributed by atoms with Gasteiger partial charge in [-0.1, -0.05) is 0 Å². The lowest BCUT2D eigenvalue weighted by Gasteiger charge is -2.15. The Hall–Kier alpha value is -1.36. The SMILES string of the molecule is NCc1cc(=O)[nH]c(N2CCCC2)n1. The van der Waals surface area contributed by atoms with Gasteiger partial charge < -0.3 is 10.6 Å². The van der Waals surface area contributed by atoms with E-state index >= 15 is 0 Å². The molecule has 1 aromatic heterocycles. The summed E-state index contributed by atoms with van der Waals surface area (Å²) in [7, 11) is 0. The Morgan fingerprint density at radius 2 is 2.21 bits per heavy atom. The first-order chi connectivity index (χ1) is 6.79. The van der Waals surface area contributed by atoms with E-state index in [4.69, 9.17) is 5.73 Å². The highest BCUT2D eigenvalue weighted by Gasteiger charge is 2.14. The van der Waals surface area contributed by atoms with Crippen LogP contribution in [0.4, 0.5) is 5.95 Å². The first-order valence-corrected chi connectivity index (χ1v) is 4.85. The lowest BCUT2D eigenvalue weighted by Crippen LogP contribution is -2.24. The summed E-state index contributed by atoms with van der Waals surface area (Å²) in [6.45, 7) is 2.25. The second kappa shape index (κ2) is 3.79. The first kappa shape index (κ1) is 9.21. The molecule has 5 nitrogen and oxygen atoms in total. The number of nitrogens with one attached hydrogen (secondary N) is 1. The summed E-state index contributed by atoms with van der Waals surface area (Å²) in [5.74, 6) is 0.662. The molecule has 0 aliphatic carbocycles. The van der Waals surface area contributed by atoms with Gasteiger partial charge in [0, 0.05) is 25.7 Å². The van der Waals surface area contributed by atoms with E-state index < -0.39 is 0 Å². The van der Waals surface area contributed by atoms with Crippen molar-refractivity contribution in [3.8, 4) is 0 Å². The molecular weight excluding hydrogens is 180 g/mol. The Bertz CT molecular complexity index is 367. The number of aromatic nitrogens is 2. The Balaban J connectivity index is 2.32. The largest absolute Gasteiger partial charge is 0.342 e. The molecule has 1 aromatic rings. The van der Waals surface area contributed by atoms with E-state index in [2.05, 4.69) is 14.9 Å². The average molecular weight is 194 g/mol. The minimum atomic E-state index is -0.123. The van der Waals surface area contributed by atoms with Crippen LogP contribution >= 0.6 is 0 Å². The van der Waals surface area contributed by atoms with Crippen molar-refractivity contribution in [2.75, 3.05) is 18.0 Å². The molecule has 1 aliphatic rings. The third-order valence-corrected chi connectivity index (χ3v) is 2.40. The van der Waals surface area contributed by atoms with Gasteiger partial charge in [0.05, 0.1) is 5.69 Å². The van der Waals surface area contributed by atoms with Crippen LogP contribution in [0.3, 0.4) is 0 Å². The van der Waals surface area contributed by atoms with Crippen LogP contribution in [0.2, 0.25) is 0 Å². The third kappa shape index (κ3) is 1.77. The molecule has 0 radical (unpaired) electrons. The minimum Gasteiger partial charge on any atom is -0.342 e. The van der Waals surface area contributed by atoms with E-state index in [-0.39, 0.29) is 5.56 Å². The second-order valence-corrected chi connectivity index (χ2v) is 3.46. The van der Waals surface area contributed by atoms with Gasteiger partial charge in [0.15, 0.2) is 0 Å². The fraction of sp³-hybridized carbons (Fsp3) is 0.556. The van der Waals surface area contributed by atoms with Gasteiger partial charge in [-0.05, 0) is 12.8 Å². The molecule has 3 N–H and O–H groups in total. The van der Waals surface area contributed by atoms with Gasteiger partial charge in [-0.2, -0.15) is 0 Å². The lowest BCUT2D eigenvalue weighted by molar-refractivity contribution is 0.858.